The molecule has 4 aromatic rings. The van der Waals surface area contributed by atoms with Crippen molar-refractivity contribution in [3.05, 3.63) is 153 Å². The molecular weight excluding hydrogens is 705 g/mol. The fourth-order valence-electron chi connectivity index (χ4n) is 6.92. The van der Waals surface area contributed by atoms with Crippen LogP contribution in [0.5, 0.6) is 0 Å². The molecule has 0 aliphatic carbocycles. The summed E-state index contributed by atoms with van der Waals surface area (Å²) in [5.74, 6) is 25.1. The van der Waals surface area contributed by atoms with Gasteiger partial charge in [-0.1, -0.05) is 119 Å². The van der Waals surface area contributed by atoms with Gasteiger partial charge in [0.2, 0.25) is 0 Å². The van der Waals surface area contributed by atoms with Gasteiger partial charge in [0.25, 0.3) is 0 Å². The normalized spacial score (nSPS) is 17.7. The van der Waals surface area contributed by atoms with Crippen molar-refractivity contribution in [1.82, 2.24) is 9.97 Å². The van der Waals surface area contributed by atoms with Crippen LogP contribution in [0.4, 0.5) is 0 Å². The van der Waals surface area contributed by atoms with Crippen LogP contribution in [0, 0.1) is 47.4 Å². The van der Waals surface area contributed by atoms with Crippen LogP contribution in [-0.2, 0) is 21.7 Å². The van der Waals surface area contributed by atoms with Gasteiger partial charge in [0, 0.05) is 22.5 Å². The molecule has 4 nitrogen and oxygen atoms in total. The number of H-pyrrole nitrogens is 2. The first kappa shape index (κ1) is 39.8. The molecule has 5 heterocycles. The van der Waals surface area contributed by atoms with E-state index in [4.69, 9.17) is 9.98 Å². The highest BCUT2D eigenvalue weighted by atomic mass is 14.8. The van der Waals surface area contributed by atoms with Gasteiger partial charge < -0.3 is 9.97 Å². The lowest BCUT2D eigenvalue weighted by atomic mass is 9.78. The predicted molar refractivity (Wildman–Crippen MR) is 244 cm³/mol. The second kappa shape index (κ2) is 14.8. The third kappa shape index (κ3) is 8.74. The van der Waals surface area contributed by atoms with E-state index in [1.807, 2.05) is 36.4 Å². The van der Waals surface area contributed by atoms with Crippen LogP contribution in [-0.4, -0.2) is 21.4 Å². The number of rotatable bonds is 2. The number of aromatic nitrogens is 2. The van der Waals surface area contributed by atoms with Crippen LogP contribution in [0.25, 0.3) is 11.1 Å². The van der Waals surface area contributed by atoms with Gasteiger partial charge in [-0.3, -0.25) is 0 Å². The highest BCUT2D eigenvalue weighted by Crippen LogP contribution is 2.38. The Kier molecular flexibility index (Phi) is 10.1. The molecule has 8 bridgehead atoms. The molecule has 0 radical (unpaired) electrons. The van der Waals surface area contributed by atoms with Crippen molar-refractivity contribution in [1.29, 1.82) is 0 Å². The van der Waals surface area contributed by atoms with E-state index in [0.29, 0.717) is 11.4 Å². The minimum Gasteiger partial charge on any atom is -0.348 e. The van der Waals surface area contributed by atoms with E-state index >= 15 is 0 Å². The van der Waals surface area contributed by atoms with Gasteiger partial charge in [0.15, 0.2) is 0 Å². The van der Waals surface area contributed by atoms with Crippen molar-refractivity contribution in [2.24, 2.45) is 9.98 Å². The second-order valence-electron chi connectivity index (χ2n) is 19.4. The topological polar surface area (TPSA) is 56.3 Å². The average molecular weight is 757 g/mol. The van der Waals surface area contributed by atoms with Crippen molar-refractivity contribution < 1.29 is 0 Å². The Morgan fingerprint density at radius 3 is 1.05 bits per heavy atom. The van der Waals surface area contributed by atoms with E-state index in [9.17, 15) is 0 Å². The summed E-state index contributed by atoms with van der Waals surface area (Å²) in [5, 5.41) is 0. The number of aliphatic imine (C=N–C) groups is 2. The maximum Gasteiger partial charge on any atom is 0.114 e. The van der Waals surface area contributed by atoms with E-state index in [2.05, 4.69) is 189 Å². The van der Waals surface area contributed by atoms with Crippen LogP contribution < -0.4 is 0 Å². The highest BCUT2D eigenvalue weighted by Gasteiger charge is 2.26. The summed E-state index contributed by atoms with van der Waals surface area (Å²) in [5.41, 5.74) is 15.3. The first-order valence-corrected chi connectivity index (χ1v) is 20.0. The summed E-state index contributed by atoms with van der Waals surface area (Å²) in [6.45, 7) is 27.1. The average Bonchev–Trinajstić information content (AvgIpc) is 3.97. The number of benzene rings is 2. The van der Waals surface area contributed by atoms with Crippen molar-refractivity contribution in [3.63, 3.8) is 0 Å². The Bertz CT molecular complexity index is 2550. The molecule has 0 atom stereocenters. The molecule has 2 N–H and O–H groups in total. The number of hydrogen-bond donors (Lipinski definition) is 2. The fraction of sp³-hybridized carbons (Fsp3) is 0.296. The van der Waals surface area contributed by atoms with Crippen molar-refractivity contribution in [2.45, 2.75) is 105 Å². The van der Waals surface area contributed by atoms with Crippen LogP contribution in [0.3, 0.4) is 0 Å². The molecular formula is C54H52N4. The zero-order valence-corrected chi connectivity index (χ0v) is 36.0. The summed E-state index contributed by atoms with van der Waals surface area (Å²) in [7, 11) is 0. The Labute approximate surface area is 345 Å². The maximum atomic E-state index is 5.04. The molecule has 58 heavy (non-hydrogen) atoms. The predicted octanol–water partition coefficient (Wildman–Crippen LogP) is 11.5. The number of nitrogens with zero attached hydrogens (tertiary/aromatic N) is 2. The van der Waals surface area contributed by atoms with Crippen LogP contribution in [0.15, 0.2) is 106 Å². The van der Waals surface area contributed by atoms with E-state index in [1.54, 1.807) is 0 Å². The molecule has 0 spiro atoms. The molecule has 3 aliphatic heterocycles. The first-order valence-electron chi connectivity index (χ1n) is 20.0. The standard InChI is InChI=1S/C54H52N4/c1-51(2,3)37-29-35(30-38(33-37)52(4,5)6)49-45-25-21-41(55-45)17-13-15-19-43-23-27-47(57-43)50(36-31-39(53(7,8)9)34-40(32-36)54(10,11)12)48-28-24-44(58-48)20-16-14-18-42-22-26-46(49)56-42/h21-34,55,58H,1-12H3/b49-45?,49-46-,50-47+,50-48?. The van der Waals surface area contributed by atoms with Crippen LogP contribution in [0.2, 0.25) is 0 Å². The van der Waals surface area contributed by atoms with Gasteiger partial charge in [-0.05, 0) is 151 Å². The Hall–Kier alpha value is -6.46. The zero-order chi connectivity index (χ0) is 41.6. The number of hydrogen-bond acceptors (Lipinski definition) is 2. The monoisotopic (exact) mass is 756 g/mol. The van der Waals surface area contributed by atoms with Gasteiger partial charge in [0.1, 0.15) is 11.4 Å². The van der Waals surface area contributed by atoms with E-state index in [0.717, 1.165) is 56.4 Å². The minimum atomic E-state index is -0.0503. The summed E-state index contributed by atoms with van der Waals surface area (Å²) < 4.78 is 0. The largest absolute Gasteiger partial charge is 0.348 e. The smallest absolute Gasteiger partial charge is 0.114 e. The maximum absolute atomic E-state index is 5.04. The zero-order valence-electron chi connectivity index (χ0n) is 36.0. The number of allylic oxidation sites excluding steroid dienone is 4. The quantitative estimate of drug-likeness (QED) is 0.191. The van der Waals surface area contributed by atoms with Crippen molar-refractivity contribution in [2.75, 3.05) is 0 Å². The highest BCUT2D eigenvalue weighted by molar-refractivity contribution is 6.13. The van der Waals surface area contributed by atoms with Crippen LogP contribution >= 0.6 is 0 Å². The molecule has 0 saturated carbocycles. The molecule has 4 heteroatoms. The molecule has 0 unspecified atom stereocenters. The lowest BCUT2D eigenvalue weighted by Gasteiger charge is -2.27. The second-order valence-corrected chi connectivity index (χ2v) is 19.4. The summed E-state index contributed by atoms with van der Waals surface area (Å²) >= 11 is 0. The first-order chi connectivity index (χ1) is 27.2. The third-order valence-corrected chi connectivity index (χ3v) is 10.5. The van der Waals surface area contributed by atoms with Crippen LogP contribution in [0.1, 0.15) is 139 Å². The Morgan fingerprint density at radius 2 is 0.724 bits per heavy atom. The molecule has 0 saturated heterocycles. The summed E-state index contributed by atoms with van der Waals surface area (Å²) in [6, 6.07) is 22.0. The lowest BCUT2D eigenvalue weighted by molar-refractivity contribution is 0.567. The molecule has 0 fully saturated rings. The Balaban J connectivity index is 1.39. The number of aromatic amines is 2. The lowest BCUT2D eigenvalue weighted by Crippen LogP contribution is -2.17. The Morgan fingerprint density at radius 1 is 0.397 bits per heavy atom. The molecule has 288 valence electrons. The van der Waals surface area contributed by atoms with E-state index in [1.165, 1.54) is 22.3 Å². The number of nitrogens with one attached hydrogen (secondary N) is 2. The SMILES string of the molecule is CC(C)(C)c1cc(/C2=C3\C=CC(=N3)C#CC#Cc3ccc([nH]3)/C(c3cc(C(C)(C)C)cc(C(C)(C)C)c3)=C3\C=CC(=N3)C#CC#Cc3ccc2[nH]3)cc(C(C)(C)C)c1. The molecule has 2 aromatic heterocycles. The van der Waals surface area contributed by atoms with Gasteiger partial charge in [0.05, 0.1) is 22.8 Å². The van der Waals surface area contributed by atoms with E-state index in [-0.39, 0.29) is 21.7 Å². The van der Waals surface area contributed by atoms with E-state index < -0.39 is 0 Å². The van der Waals surface area contributed by atoms with Crippen molar-refractivity contribution >= 4 is 22.6 Å². The minimum absolute atomic E-state index is 0.0503. The molecule has 0 amide bonds. The van der Waals surface area contributed by atoms with Crippen molar-refractivity contribution in [3.8, 4) is 47.4 Å². The number of fused-ring (bicyclic) bond motifs is 6. The summed E-state index contributed by atoms with van der Waals surface area (Å²) in [4.78, 5) is 17.2. The van der Waals surface area contributed by atoms with Gasteiger partial charge >= 0.3 is 0 Å². The molecule has 3 aliphatic rings. The summed E-state index contributed by atoms with van der Waals surface area (Å²) in [6.07, 6.45) is 8.00. The fourth-order valence-corrected chi connectivity index (χ4v) is 6.92. The van der Waals surface area contributed by atoms with Gasteiger partial charge in [-0.15, -0.1) is 0 Å². The molecule has 7 rings (SSSR count). The van der Waals surface area contributed by atoms with Gasteiger partial charge in [-0.25, -0.2) is 9.98 Å². The third-order valence-electron chi connectivity index (χ3n) is 10.5. The van der Waals surface area contributed by atoms with Gasteiger partial charge in [-0.2, -0.15) is 0 Å². The molecule has 2 aromatic carbocycles.